The molecule has 0 bridgehead atoms. The summed E-state index contributed by atoms with van der Waals surface area (Å²) in [5.41, 5.74) is 0. The van der Waals surface area contributed by atoms with Gasteiger partial charge in [0.2, 0.25) is 5.91 Å². The number of aryl methyl sites for hydroxylation is 1. The first-order valence-corrected chi connectivity index (χ1v) is 9.22. The van der Waals surface area contributed by atoms with Crippen molar-refractivity contribution in [1.29, 1.82) is 0 Å². The molecule has 1 aliphatic rings. The van der Waals surface area contributed by atoms with Crippen molar-refractivity contribution in [3.8, 4) is 0 Å². The number of aliphatic hydroxyl groups is 1. The highest BCUT2D eigenvalue weighted by Crippen LogP contribution is 2.21. The summed E-state index contributed by atoms with van der Waals surface area (Å²) < 4.78 is 0. The molecular weight excluding hydrogens is 296 g/mol. The molecule has 124 valence electrons. The summed E-state index contributed by atoms with van der Waals surface area (Å²) in [5.74, 6) is 0.0571. The van der Waals surface area contributed by atoms with E-state index in [1.807, 2.05) is 6.92 Å². The monoisotopic (exact) mass is 324 g/mol. The molecule has 2 N–H and O–H groups in total. The van der Waals surface area contributed by atoms with E-state index in [0.29, 0.717) is 13.1 Å². The van der Waals surface area contributed by atoms with Crippen LogP contribution < -0.4 is 5.32 Å². The van der Waals surface area contributed by atoms with Crippen LogP contribution >= 0.6 is 11.3 Å². The second kappa shape index (κ2) is 8.65. The van der Waals surface area contributed by atoms with E-state index in [9.17, 15) is 9.90 Å². The normalized spacial score (nSPS) is 20.8. The number of carbonyl (C=O) groups excluding carboxylic acids is 1. The molecular formula is C17H28N2O2S. The van der Waals surface area contributed by atoms with Crippen molar-refractivity contribution in [3.05, 3.63) is 21.9 Å². The zero-order valence-electron chi connectivity index (χ0n) is 13.7. The lowest BCUT2D eigenvalue weighted by Crippen LogP contribution is -2.50. The lowest BCUT2D eigenvalue weighted by molar-refractivity contribution is -0.124. The van der Waals surface area contributed by atoms with Gasteiger partial charge in [-0.2, -0.15) is 0 Å². The van der Waals surface area contributed by atoms with Gasteiger partial charge in [-0.25, -0.2) is 0 Å². The third-order valence-electron chi connectivity index (χ3n) is 4.40. The quantitative estimate of drug-likeness (QED) is 0.810. The number of nitrogens with zero attached hydrogens (tertiary/aromatic N) is 1. The molecule has 0 aromatic carbocycles. The second-order valence-corrected chi connectivity index (χ2v) is 7.26. The predicted molar refractivity (Wildman–Crippen MR) is 91.1 cm³/mol. The van der Waals surface area contributed by atoms with Gasteiger partial charge in [0.05, 0.1) is 19.2 Å². The standard InChI is InChI=1S/C17H28N2O2S/c1-3-13-8-9-14(22-13)11-18-17(21)12-19-10-6-5-7-15(19)16(20)4-2/h8-9,15-16,20H,3-7,10-12H2,1-2H3,(H,18,21). The zero-order chi connectivity index (χ0) is 15.9. The van der Waals surface area contributed by atoms with E-state index in [1.54, 1.807) is 11.3 Å². The van der Waals surface area contributed by atoms with Crippen LogP contribution in [0.4, 0.5) is 0 Å². The Labute approximate surface area is 137 Å². The van der Waals surface area contributed by atoms with Crippen molar-refractivity contribution in [3.63, 3.8) is 0 Å². The van der Waals surface area contributed by atoms with E-state index in [-0.39, 0.29) is 18.1 Å². The molecule has 0 spiro atoms. The summed E-state index contributed by atoms with van der Waals surface area (Å²) in [7, 11) is 0. The highest BCUT2D eigenvalue weighted by atomic mass is 32.1. The Kier molecular flexibility index (Phi) is 6.86. The summed E-state index contributed by atoms with van der Waals surface area (Å²) in [6, 6.07) is 4.36. The first-order chi connectivity index (χ1) is 10.6. The summed E-state index contributed by atoms with van der Waals surface area (Å²) in [5, 5.41) is 13.1. The van der Waals surface area contributed by atoms with Gasteiger partial charge >= 0.3 is 0 Å². The maximum Gasteiger partial charge on any atom is 0.234 e. The van der Waals surface area contributed by atoms with E-state index >= 15 is 0 Å². The molecule has 0 aliphatic carbocycles. The van der Waals surface area contributed by atoms with Crippen molar-refractivity contribution in [2.45, 2.75) is 64.6 Å². The van der Waals surface area contributed by atoms with Gasteiger partial charge in [0.25, 0.3) is 0 Å². The van der Waals surface area contributed by atoms with Gasteiger partial charge in [0.15, 0.2) is 0 Å². The molecule has 0 radical (unpaired) electrons. The zero-order valence-corrected chi connectivity index (χ0v) is 14.5. The van der Waals surface area contributed by atoms with E-state index < -0.39 is 0 Å². The number of likely N-dealkylation sites (tertiary alicyclic amines) is 1. The van der Waals surface area contributed by atoms with Crippen LogP contribution in [0.25, 0.3) is 0 Å². The fraction of sp³-hybridized carbons (Fsp3) is 0.706. The third kappa shape index (κ3) is 4.80. The molecule has 1 amide bonds. The van der Waals surface area contributed by atoms with E-state index in [2.05, 4.69) is 29.3 Å². The Balaban J connectivity index is 1.81. The van der Waals surface area contributed by atoms with Crippen molar-refractivity contribution in [2.24, 2.45) is 0 Å². The van der Waals surface area contributed by atoms with Gasteiger partial charge in [-0.15, -0.1) is 11.3 Å². The number of hydrogen-bond acceptors (Lipinski definition) is 4. The van der Waals surface area contributed by atoms with Crippen LogP contribution in [0.5, 0.6) is 0 Å². The number of carbonyl (C=O) groups is 1. The number of nitrogens with one attached hydrogen (secondary N) is 1. The van der Waals surface area contributed by atoms with Crippen LogP contribution in [0.1, 0.15) is 49.3 Å². The van der Waals surface area contributed by atoms with E-state index in [1.165, 1.54) is 9.75 Å². The lowest BCUT2D eigenvalue weighted by atomic mass is 9.96. The maximum absolute atomic E-state index is 12.2. The SMILES string of the molecule is CCc1ccc(CNC(=O)CN2CCCCC2C(O)CC)s1. The summed E-state index contributed by atoms with van der Waals surface area (Å²) in [6.07, 6.45) is 4.73. The fourth-order valence-electron chi connectivity index (χ4n) is 3.05. The van der Waals surface area contributed by atoms with Crippen LogP contribution in [0.15, 0.2) is 12.1 Å². The molecule has 0 saturated carbocycles. The highest BCUT2D eigenvalue weighted by molar-refractivity contribution is 7.11. The largest absolute Gasteiger partial charge is 0.392 e. The molecule has 5 heteroatoms. The Morgan fingerprint density at radius 1 is 1.41 bits per heavy atom. The van der Waals surface area contributed by atoms with E-state index in [0.717, 1.165) is 38.6 Å². The Morgan fingerprint density at radius 3 is 2.86 bits per heavy atom. The number of piperidine rings is 1. The third-order valence-corrected chi connectivity index (χ3v) is 5.63. The fourth-order valence-corrected chi connectivity index (χ4v) is 3.95. The second-order valence-electron chi connectivity index (χ2n) is 6.01. The first-order valence-electron chi connectivity index (χ1n) is 8.40. The Bertz CT molecular complexity index is 475. The van der Waals surface area contributed by atoms with Crippen molar-refractivity contribution < 1.29 is 9.90 Å². The van der Waals surface area contributed by atoms with Crippen LogP contribution in [-0.4, -0.2) is 41.1 Å². The average Bonchev–Trinajstić information content (AvgIpc) is 3.01. The minimum Gasteiger partial charge on any atom is -0.392 e. The van der Waals surface area contributed by atoms with E-state index in [4.69, 9.17) is 0 Å². The Hall–Kier alpha value is -0.910. The summed E-state index contributed by atoms with van der Waals surface area (Å²) >= 11 is 1.76. The number of aliphatic hydroxyl groups excluding tert-OH is 1. The molecule has 22 heavy (non-hydrogen) atoms. The van der Waals surface area contributed by atoms with Crippen LogP contribution in [0.2, 0.25) is 0 Å². The smallest absolute Gasteiger partial charge is 0.234 e. The molecule has 2 rings (SSSR count). The topological polar surface area (TPSA) is 52.6 Å². The number of hydrogen-bond donors (Lipinski definition) is 2. The molecule has 2 heterocycles. The minimum absolute atomic E-state index is 0.0571. The first kappa shape index (κ1) is 17.4. The van der Waals surface area contributed by atoms with Gasteiger partial charge in [0.1, 0.15) is 0 Å². The molecule has 4 nitrogen and oxygen atoms in total. The van der Waals surface area contributed by atoms with Gasteiger partial charge < -0.3 is 10.4 Å². The molecule has 1 aromatic rings. The number of rotatable bonds is 7. The molecule has 1 fully saturated rings. The van der Waals surface area contributed by atoms with Crippen LogP contribution in [0.3, 0.4) is 0 Å². The Morgan fingerprint density at radius 2 is 2.18 bits per heavy atom. The number of amides is 1. The van der Waals surface area contributed by atoms with Gasteiger partial charge in [-0.05, 0) is 44.4 Å². The number of thiophene rings is 1. The molecule has 1 saturated heterocycles. The minimum atomic E-state index is -0.322. The van der Waals surface area contributed by atoms with Gasteiger partial charge in [-0.3, -0.25) is 9.69 Å². The average molecular weight is 324 g/mol. The van der Waals surface area contributed by atoms with Gasteiger partial charge in [0, 0.05) is 15.8 Å². The van der Waals surface area contributed by atoms with Crippen molar-refractivity contribution in [1.82, 2.24) is 10.2 Å². The van der Waals surface area contributed by atoms with Crippen LogP contribution in [-0.2, 0) is 17.8 Å². The van der Waals surface area contributed by atoms with Crippen molar-refractivity contribution in [2.75, 3.05) is 13.1 Å². The lowest BCUT2D eigenvalue weighted by Gasteiger charge is -2.37. The molecule has 2 atom stereocenters. The molecule has 1 aliphatic heterocycles. The summed E-state index contributed by atoms with van der Waals surface area (Å²) in [4.78, 5) is 16.9. The van der Waals surface area contributed by atoms with Crippen LogP contribution in [0, 0.1) is 0 Å². The maximum atomic E-state index is 12.2. The molecule has 1 aromatic heterocycles. The predicted octanol–water partition coefficient (Wildman–Crippen LogP) is 2.55. The van der Waals surface area contributed by atoms with Crippen molar-refractivity contribution >= 4 is 17.2 Å². The highest BCUT2D eigenvalue weighted by Gasteiger charge is 2.28. The molecule has 2 unspecified atom stereocenters. The summed E-state index contributed by atoms with van der Waals surface area (Å²) in [6.45, 7) is 6.06. The van der Waals surface area contributed by atoms with Gasteiger partial charge in [-0.1, -0.05) is 20.3 Å².